The monoisotopic (exact) mass is 292 g/mol. The summed E-state index contributed by atoms with van der Waals surface area (Å²) >= 11 is 1.74. The van der Waals surface area contributed by atoms with Crippen LogP contribution in [0.2, 0.25) is 0 Å². The first-order valence-corrected chi connectivity index (χ1v) is 8.17. The number of amides is 2. The zero-order valence-electron chi connectivity index (χ0n) is 11.7. The maximum atomic E-state index is 12.4. The van der Waals surface area contributed by atoms with Crippen molar-refractivity contribution >= 4 is 23.6 Å². The van der Waals surface area contributed by atoms with Gasteiger partial charge >= 0.3 is 0 Å². The van der Waals surface area contributed by atoms with Crippen LogP contribution in [0.3, 0.4) is 0 Å². The summed E-state index contributed by atoms with van der Waals surface area (Å²) in [6, 6.07) is 7.77. The van der Waals surface area contributed by atoms with E-state index in [1.54, 1.807) is 11.8 Å². The third kappa shape index (κ3) is 3.54. The number of hydrogen-bond donors (Lipinski definition) is 1. The summed E-state index contributed by atoms with van der Waals surface area (Å²) in [5.41, 5.74) is 7.20. The molecule has 0 aromatic heterocycles. The van der Waals surface area contributed by atoms with Gasteiger partial charge < -0.3 is 10.6 Å². The predicted octanol–water partition coefficient (Wildman–Crippen LogP) is 1.89. The van der Waals surface area contributed by atoms with Gasteiger partial charge in [0.1, 0.15) is 0 Å². The van der Waals surface area contributed by atoms with Crippen molar-refractivity contribution in [2.45, 2.75) is 18.6 Å². The maximum Gasteiger partial charge on any atom is 0.253 e. The average Bonchev–Trinajstić information content (AvgIpc) is 2.47. The smallest absolute Gasteiger partial charge is 0.253 e. The highest BCUT2D eigenvalue weighted by Gasteiger charge is 2.26. The lowest BCUT2D eigenvalue weighted by atomic mass is 9.96. The number of hydrogen-bond acceptors (Lipinski definition) is 3. The molecular formula is C15H20N2O2S. The number of carbonyl (C=O) groups excluding carboxylic acids is 2. The SMILES string of the molecule is CSCc1cccc(C(=O)N2CCC(C(N)=O)CC2)c1. The summed E-state index contributed by atoms with van der Waals surface area (Å²) in [5, 5.41) is 0. The van der Waals surface area contributed by atoms with Crippen molar-refractivity contribution in [3.8, 4) is 0 Å². The van der Waals surface area contributed by atoms with Crippen LogP contribution in [-0.4, -0.2) is 36.1 Å². The van der Waals surface area contributed by atoms with Crippen molar-refractivity contribution in [3.63, 3.8) is 0 Å². The molecule has 1 saturated heterocycles. The number of nitrogens with zero attached hydrogens (tertiary/aromatic N) is 1. The summed E-state index contributed by atoms with van der Waals surface area (Å²) in [4.78, 5) is 25.4. The van der Waals surface area contributed by atoms with Crippen molar-refractivity contribution in [1.82, 2.24) is 4.90 Å². The predicted molar refractivity (Wildman–Crippen MR) is 81.5 cm³/mol. The largest absolute Gasteiger partial charge is 0.369 e. The summed E-state index contributed by atoms with van der Waals surface area (Å²) in [5.74, 6) is 0.627. The molecule has 108 valence electrons. The highest BCUT2D eigenvalue weighted by molar-refractivity contribution is 7.97. The Bertz CT molecular complexity index is 496. The molecule has 1 fully saturated rings. The van der Waals surface area contributed by atoms with E-state index in [4.69, 9.17) is 5.73 Å². The fourth-order valence-corrected chi connectivity index (χ4v) is 3.02. The normalized spacial score (nSPS) is 16.1. The third-order valence-corrected chi connectivity index (χ3v) is 4.29. The average molecular weight is 292 g/mol. The number of primary amides is 1. The molecule has 20 heavy (non-hydrogen) atoms. The Balaban J connectivity index is 2.01. The first-order chi connectivity index (χ1) is 9.61. The number of rotatable bonds is 4. The molecule has 0 atom stereocenters. The maximum absolute atomic E-state index is 12.4. The van der Waals surface area contributed by atoms with Crippen LogP contribution in [0.5, 0.6) is 0 Å². The topological polar surface area (TPSA) is 63.4 Å². The minimum Gasteiger partial charge on any atom is -0.369 e. The highest BCUT2D eigenvalue weighted by atomic mass is 32.2. The van der Waals surface area contributed by atoms with Gasteiger partial charge in [0.15, 0.2) is 0 Å². The highest BCUT2D eigenvalue weighted by Crippen LogP contribution is 2.19. The van der Waals surface area contributed by atoms with Crippen molar-refractivity contribution in [2.24, 2.45) is 11.7 Å². The van der Waals surface area contributed by atoms with E-state index in [1.165, 1.54) is 0 Å². The molecule has 1 aliphatic heterocycles. The lowest BCUT2D eigenvalue weighted by Gasteiger charge is -2.30. The minimum absolute atomic E-state index is 0.0517. The number of likely N-dealkylation sites (tertiary alicyclic amines) is 1. The molecule has 5 heteroatoms. The molecule has 4 nitrogen and oxygen atoms in total. The van der Waals surface area contributed by atoms with E-state index in [2.05, 4.69) is 0 Å². The van der Waals surface area contributed by atoms with Crippen molar-refractivity contribution in [2.75, 3.05) is 19.3 Å². The van der Waals surface area contributed by atoms with Crippen LogP contribution in [0.25, 0.3) is 0 Å². The second-order valence-electron chi connectivity index (χ2n) is 5.10. The Labute approximate surface area is 123 Å². The van der Waals surface area contributed by atoms with Crippen LogP contribution in [0.1, 0.15) is 28.8 Å². The fraction of sp³-hybridized carbons (Fsp3) is 0.467. The molecule has 0 aliphatic carbocycles. The number of thioether (sulfide) groups is 1. The van der Waals surface area contributed by atoms with Gasteiger partial charge in [-0.15, -0.1) is 0 Å². The summed E-state index contributed by atoms with van der Waals surface area (Å²) in [6.07, 6.45) is 3.39. The minimum atomic E-state index is -0.251. The summed E-state index contributed by atoms with van der Waals surface area (Å²) < 4.78 is 0. The Morgan fingerprint density at radius 3 is 2.65 bits per heavy atom. The molecule has 0 saturated carbocycles. The molecule has 2 amide bonds. The fourth-order valence-electron chi connectivity index (χ4n) is 2.51. The lowest BCUT2D eigenvalue weighted by molar-refractivity contribution is -0.123. The summed E-state index contributed by atoms with van der Waals surface area (Å²) in [7, 11) is 0. The van der Waals surface area contributed by atoms with Crippen molar-refractivity contribution in [1.29, 1.82) is 0 Å². The standard InChI is InChI=1S/C15H20N2O2S/c1-20-10-11-3-2-4-13(9-11)15(19)17-7-5-12(6-8-17)14(16)18/h2-4,9,12H,5-8,10H2,1H3,(H2,16,18). The second kappa shape index (κ2) is 6.79. The lowest BCUT2D eigenvalue weighted by Crippen LogP contribution is -2.41. The van der Waals surface area contributed by atoms with E-state index in [1.807, 2.05) is 35.4 Å². The number of benzene rings is 1. The Morgan fingerprint density at radius 1 is 1.35 bits per heavy atom. The molecule has 0 radical (unpaired) electrons. The van der Waals surface area contributed by atoms with Gasteiger partial charge in [-0.25, -0.2) is 0 Å². The van der Waals surface area contributed by atoms with Gasteiger partial charge in [-0.1, -0.05) is 12.1 Å². The number of nitrogens with two attached hydrogens (primary N) is 1. The van der Waals surface area contributed by atoms with Gasteiger partial charge in [0.25, 0.3) is 5.91 Å². The van der Waals surface area contributed by atoms with Gasteiger partial charge in [0.2, 0.25) is 5.91 Å². The molecule has 2 rings (SSSR count). The Hall–Kier alpha value is -1.49. The van der Waals surface area contributed by atoms with Crippen LogP contribution in [-0.2, 0) is 10.5 Å². The second-order valence-corrected chi connectivity index (χ2v) is 5.97. The Morgan fingerprint density at radius 2 is 2.05 bits per heavy atom. The van der Waals surface area contributed by atoms with Crippen molar-refractivity contribution in [3.05, 3.63) is 35.4 Å². The van der Waals surface area contributed by atoms with E-state index in [9.17, 15) is 9.59 Å². The van der Waals surface area contributed by atoms with Gasteiger partial charge in [-0.2, -0.15) is 11.8 Å². The van der Waals surface area contributed by atoms with Crippen molar-refractivity contribution < 1.29 is 9.59 Å². The van der Waals surface area contributed by atoms with Gasteiger partial charge in [0, 0.05) is 30.3 Å². The molecule has 0 spiro atoms. The number of carbonyl (C=O) groups is 2. The van der Waals surface area contributed by atoms with Crippen LogP contribution in [0.4, 0.5) is 0 Å². The van der Waals surface area contributed by atoms with Gasteiger partial charge in [-0.05, 0) is 36.8 Å². The number of piperidine rings is 1. The molecule has 1 aromatic carbocycles. The van der Waals surface area contributed by atoms with Crippen LogP contribution in [0.15, 0.2) is 24.3 Å². The first-order valence-electron chi connectivity index (χ1n) is 6.78. The zero-order valence-corrected chi connectivity index (χ0v) is 12.5. The molecule has 1 aromatic rings. The van der Waals surface area contributed by atoms with Crippen LogP contribution in [0, 0.1) is 5.92 Å². The third-order valence-electron chi connectivity index (χ3n) is 3.67. The molecule has 2 N–H and O–H groups in total. The molecular weight excluding hydrogens is 272 g/mol. The van der Waals surface area contributed by atoms with E-state index in [0.717, 1.165) is 16.9 Å². The quantitative estimate of drug-likeness (QED) is 0.921. The first kappa shape index (κ1) is 14.9. The van der Waals surface area contributed by atoms with Gasteiger partial charge in [0.05, 0.1) is 0 Å². The van der Waals surface area contributed by atoms with E-state index in [-0.39, 0.29) is 17.7 Å². The molecule has 0 unspecified atom stereocenters. The van der Waals surface area contributed by atoms with E-state index in [0.29, 0.717) is 25.9 Å². The molecule has 0 bridgehead atoms. The van der Waals surface area contributed by atoms with Crippen LogP contribution >= 0.6 is 11.8 Å². The van der Waals surface area contributed by atoms with E-state index < -0.39 is 0 Å². The molecule has 1 heterocycles. The molecule has 1 aliphatic rings. The summed E-state index contributed by atoms with van der Waals surface area (Å²) in [6.45, 7) is 1.22. The van der Waals surface area contributed by atoms with Crippen LogP contribution < -0.4 is 5.73 Å². The zero-order chi connectivity index (χ0) is 14.5. The Kier molecular flexibility index (Phi) is 5.06. The van der Waals surface area contributed by atoms with E-state index >= 15 is 0 Å². The van der Waals surface area contributed by atoms with Gasteiger partial charge in [-0.3, -0.25) is 9.59 Å².